The molecule has 324 valence electrons. The van der Waals surface area contributed by atoms with Crippen molar-refractivity contribution in [2.75, 3.05) is 36.0 Å². The van der Waals surface area contributed by atoms with E-state index in [1.165, 1.54) is 11.6 Å². The second-order valence-electron chi connectivity index (χ2n) is 14.8. The highest BCUT2D eigenvalue weighted by Crippen LogP contribution is 2.33. The summed E-state index contributed by atoms with van der Waals surface area (Å²) in [6, 6.07) is 46.2. The largest absolute Gasteiger partial charge is 0.481 e. The molecule has 2 N–H and O–H groups in total. The van der Waals surface area contributed by atoms with Crippen molar-refractivity contribution in [1.82, 2.24) is 19.9 Å². The number of rotatable bonds is 16. The van der Waals surface area contributed by atoms with Gasteiger partial charge in [0.05, 0.1) is 18.4 Å². The fraction of sp³-hybridized carbons (Fsp3) is 0.160. The van der Waals surface area contributed by atoms with Gasteiger partial charge in [-0.2, -0.15) is 0 Å². The molecule has 0 atom stereocenters. The van der Waals surface area contributed by atoms with Crippen molar-refractivity contribution in [2.45, 2.75) is 25.7 Å². The lowest BCUT2D eigenvalue weighted by Gasteiger charge is -2.25. The number of carboxylic acids is 2. The minimum absolute atomic E-state index is 0.0283. The molecule has 2 aromatic heterocycles. The van der Waals surface area contributed by atoms with Crippen LogP contribution in [0.5, 0.6) is 0 Å². The van der Waals surface area contributed by atoms with E-state index in [0.29, 0.717) is 48.9 Å². The molecular formula is C50H42Br3FN6O4. The van der Waals surface area contributed by atoms with Crippen molar-refractivity contribution in [3.63, 3.8) is 0 Å². The van der Waals surface area contributed by atoms with E-state index in [4.69, 9.17) is 15.0 Å². The van der Waals surface area contributed by atoms with E-state index in [0.717, 1.165) is 53.3 Å². The highest BCUT2D eigenvalue weighted by molar-refractivity contribution is 9.11. The summed E-state index contributed by atoms with van der Waals surface area (Å²) < 4.78 is 17.5. The van der Waals surface area contributed by atoms with Crippen LogP contribution in [0.15, 0.2) is 159 Å². The SMILES string of the molecule is O=C(O)CCN(CCc1ccccc1)c1nc(-c2cccc(Br)c2)nc2c(F)cccc12.O=C(O)CCN(CCc1ccccc1)c1nc(-c2cccc(Br)c2)nc2ccc(Br)cc12. The summed E-state index contributed by atoms with van der Waals surface area (Å²) in [6.45, 7) is 1.80. The number of benzene rings is 6. The van der Waals surface area contributed by atoms with Gasteiger partial charge < -0.3 is 20.0 Å². The average Bonchev–Trinajstić information content (AvgIpc) is 3.29. The van der Waals surface area contributed by atoms with Crippen molar-refractivity contribution >= 4 is 93.2 Å². The highest BCUT2D eigenvalue weighted by Gasteiger charge is 2.20. The van der Waals surface area contributed by atoms with Gasteiger partial charge in [0.25, 0.3) is 0 Å². The summed E-state index contributed by atoms with van der Waals surface area (Å²) in [6.07, 6.45) is 1.46. The lowest BCUT2D eigenvalue weighted by atomic mass is 10.1. The van der Waals surface area contributed by atoms with Crippen LogP contribution in [0.1, 0.15) is 24.0 Å². The van der Waals surface area contributed by atoms with Crippen LogP contribution in [0.2, 0.25) is 0 Å². The molecule has 14 heteroatoms. The van der Waals surface area contributed by atoms with Crippen LogP contribution < -0.4 is 9.80 Å². The third-order valence-corrected chi connectivity index (χ3v) is 11.8. The molecule has 0 saturated heterocycles. The summed E-state index contributed by atoms with van der Waals surface area (Å²) in [4.78, 5) is 45.7. The Labute approximate surface area is 395 Å². The van der Waals surface area contributed by atoms with Crippen LogP contribution >= 0.6 is 47.8 Å². The molecule has 0 amide bonds. The normalized spacial score (nSPS) is 10.9. The van der Waals surface area contributed by atoms with Crippen LogP contribution in [0.3, 0.4) is 0 Å². The van der Waals surface area contributed by atoms with Gasteiger partial charge in [-0.15, -0.1) is 0 Å². The van der Waals surface area contributed by atoms with E-state index in [1.807, 2.05) is 120 Å². The van der Waals surface area contributed by atoms with Gasteiger partial charge in [0, 0.05) is 61.5 Å². The van der Waals surface area contributed by atoms with Gasteiger partial charge in [-0.1, -0.05) is 139 Å². The molecule has 0 radical (unpaired) electrons. The number of fused-ring (bicyclic) bond motifs is 2. The number of carboxylic acid groups (broad SMARTS) is 2. The van der Waals surface area contributed by atoms with Crippen LogP contribution in [0.4, 0.5) is 16.0 Å². The Morgan fingerprint density at radius 3 is 1.50 bits per heavy atom. The molecule has 0 bridgehead atoms. The summed E-state index contributed by atoms with van der Waals surface area (Å²) in [7, 11) is 0. The van der Waals surface area contributed by atoms with E-state index in [9.17, 15) is 24.2 Å². The van der Waals surface area contributed by atoms with E-state index < -0.39 is 17.8 Å². The molecule has 64 heavy (non-hydrogen) atoms. The Morgan fingerprint density at radius 1 is 0.500 bits per heavy atom. The number of para-hydroxylation sites is 1. The first-order valence-corrected chi connectivity index (χ1v) is 22.9. The van der Waals surface area contributed by atoms with Crippen molar-refractivity contribution in [3.8, 4) is 22.8 Å². The van der Waals surface area contributed by atoms with Gasteiger partial charge in [-0.05, 0) is 78.6 Å². The van der Waals surface area contributed by atoms with E-state index in [2.05, 4.69) is 69.8 Å². The van der Waals surface area contributed by atoms with Crippen LogP contribution in [-0.4, -0.2) is 68.3 Å². The lowest BCUT2D eigenvalue weighted by molar-refractivity contribution is -0.137. The number of aromatic nitrogens is 4. The number of aliphatic carboxylic acids is 2. The van der Waals surface area contributed by atoms with E-state index in [1.54, 1.807) is 12.1 Å². The predicted octanol–water partition coefficient (Wildman–Crippen LogP) is 12.1. The van der Waals surface area contributed by atoms with Gasteiger partial charge in [-0.25, -0.2) is 24.3 Å². The quantitative estimate of drug-likeness (QED) is 0.0964. The molecular weight excluding hydrogens is 1010 g/mol. The summed E-state index contributed by atoms with van der Waals surface area (Å²) in [5.41, 5.74) is 4.99. The van der Waals surface area contributed by atoms with Gasteiger partial charge in [0.2, 0.25) is 0 Å². The average molecular weight is 1050 g/mol. The topological polar surface area (TPSA) is 133 Å². The second kappa shape index (κ2) is 22.0. The van der Waals surface area contributed by atoms with Crippen LogP contribution in [-0.2, 0) is 22.4 Å². The minimum atomic E-state index is -0.897. The molecule has 2 heterocycles. The zero-order valence-electron chi connectivity index (χ0n) is 34.4. The number of carbonyl (C=O) groups is 2. The van der Waals surface area contributed by atoms with Gasteiger partial charge in [0.1, 0.15) is 23.0 Å². The molecule has 0 aliphatic carbocycles. The van der Waals surface area contributed by atoms with Crippen molar-refractivity contribution < 1.29 is 24.2 Å². The maximum atomic E-state index is 14.8. The molecule has 0 fully saturated rings. The van der Waals surface area contributed by atoms with Crippen molar-refractivity contribution in [3.05, 3.63) is 176 Å². The van der Waals surface area contributed by atoms with Gasteiger partial charge >= 0.3 is 11.9 Å². The molecule has 0 unspecified atom stereocenters. The number of nitrogens with zero attached hydrogens (tertiary/aromatic N) is 6. The Balaban J connectivity index is 0.000000191. The molecule has 8 rings (SSSR count). The smallest absolute Gasteiger partial charge is 0.305 e. The summed E-state index contributed by atoms with van der Waals surface area (Å²) in [5.74, 6) is 0.0942. The summed E-state index contributed by atoms with van der Waals surface area (Å²) >= 11 is 10.5. The van der Waals surface area contributed by atoms with E-state index in [-0.39, 0.29) is 24.9 Å². The number of halogens is 4. The molecule has 0 spiro atoms. The van der Waals surface area contributed by atoms with Gasteiger partial charge in [-0.3, -0.25) is 9.59 Å². The lowest BCUT2D eigenvalue weighted by Crippen LogP contribution is -2.30. The molecule has 8 aromatic rings. The Kier molecular flexibility index (Phi) is 15.8. The van der Waals surface area contributed by atoms with Crippen molar-refractivity contribution in [2.24, 2.45) is 0 Å². The van der Waals surface area contributed by atoms with Crippen molar-refractivity contribution in [1.29, 1.82) is 0 Å². The fourth-order valence-corrected chi connectivity index (χ4v) is 8.27. The number of anilines is 2. The second-order valence-corrected chi connectivity index (χ2v) is 17.5. The minimum Gasteiger partial charge on any atom is -0.481 e. The zero-order chi connectivity index (χ0) is 45.0. The van der Waals surface area contributed by atoms with Gasteiger partial charge in [0.15, 0.2) is 11.6 Å². The zero-order valence-corrected chi connectivity index (χ0v) is 39.2. The molecule has 6 aromatic carbocycles. The molecule has 10 nitrogen and oxygen atoms in total. The first kappa shape index (κ1) is 45.9. The third kappa shape index (κ3) is 12.3. The highest BCUT2D eigenvalue weighted by atomic mass is 79.9. The number of hydrogen-bond donors (Lipinski definition) is 2. The predicted molar refractivity (Wildman–Crippen MR) is 262 cm³/mol. The monoisotopic (exact) mass is 1050 g/mol. The third-order valence-electron chi connectivity index (χ3n) is 10.3. The standard InChI is InChI=1S/C25H21Br2N3O2.C25H21BrFN3O2/c26-19-8-4-7-18(15-19)24-28-22-10-9-20(27)16-21(22)25(29-24)30(14-12-23(31)32)13-11-17-5-2-1-3-6-17;26-19-9-4-8-18(16-19)24-28-23-20(10-5-11-21(23)27)25(29-24)30(15-13-22(31)32)14-12-17-6-2-1-3-7-17/h1-10,15-16H,11-14H2,(H,31,32);1-11,16H,12-15H2,(H,31,32). The van der Waals surface area contributed by atoms with Crippen LogP contribution in [0.25, 0.3) is 44.6 Å². The number of hydrogen-bond acceptors (Lipinski definition) is 8. The first-order valence-electron chi connectivity index (χ1n) is 20.5. The Bertz CT molecular complexity index is 2820. The van der Waals surface area contributed by atoms with E-state index >= 15 is 0 Å². The van der Waals surface area contributed by atoms with Crippen LogP contribution in [0, 0.1) is 5.82 Å². The fourth-order valence-electron chi connectivity index (χ4n) is 7.11. The molecule has 0 aliphatic heterocycles. The summed E-state index contributed by atoms with van der Waals surface area (Å²) in [5, 5.41) is 20.1. The maximum absolute atomic E-state index is 14.8. The Hall–Kier alpha value is -6.09. The maximum Gasteiger partial charge on any atom is 0.305 e. The molecule has 0 saturated carbocycles. The Morgan fingerprint density at radius 2 is 0.984 bits per heavy atom. The first-order chi connectivity index (χ1) is 31.0. The molecule has 0 aliphatic rings.